The molecule has 124 valence electrons. The van der Waals surface area contributed by atoms with Gasteiger partial charge in [0.2, 0.25) is 0 Å². The summed E-state index contributed by atoms with van der Waals surface area (Å²) >= 11 is 4.35. The van der Waals surface area contributed by atoms with Gasteiger partial charge in [0, 0.05) is 5.69 Å². The minimum Gasteiger partial charge on any atom is -0.465 e. The normalized spacial score (nSPS) is 12.2. The maximum absolute atomic E-state index is 12.7. The molecule has 0 aliphatic heterocycles. The average Bonchev–Trinajstić information content (AvgIpc) is 3.10. The average molecular weight is 372 g/mol. The number of Topliss-reactive ketones (excluding diaryl/α,β-unsaturated/α-hetero) is 1. The highest BCUT2D eigenvalue weighted by Crippen LogP contribution is 2.32. The van der Waals surface area contributed by atoms with Gasteiger partial charge < -0.3 is 9.72 Å². The third kappa shape index (κ3) is 3.78. The molecule has 0 saturated carbocycles. The first-order valence-electron chi connectivity index (χ1n) is 6.74. The van der Waals surface area contributed by atoms with E-state index in [9.17, 15) is 9.59 Å². The van der Waals surface area contributed by atoms with Crippen molar-refractivity contribution >= 4 is 46.6 Å². The van der Waals surface area contributed by atoms with Crippen LogP contribution in [-0.2, 0) is 4.74 Å². The zero-order valence-electron chi connectivity index (χ0n) is 13.4. The predicted molar refractivity (Wildman–Crippen MR) is 92.9 cm³/mol. The van der Waals surface area contributed by atoms with Crippen molar-refractivity contribution in [1.82, 2.24) is 15.2 Å². The van der Waals surface area contributed by atoms with E-state index in [1.54, 1.807) is 13.8 Å². The van der Waals surface area contributed by atoms with E-state index in [1.807, 2.05) is 13.2 Å². The molecule has 6 nitrogen and oxygen atoms in total. The number of hydrogen-bond acceptors (Lipinski definition) is 8. The third-order valence-electron chi connectivity index (χ3n) is 3.28. The molecule has 2 aromatic rings. The summed E-state index contributed by atoms with van der Waals surface area (Å²) in [6, 6.07) is 0. The molecule has 0 amide bonds. The van der Waals surface area contributed by atoms with Crippen LogP contribution in [0.5, 0.6) is 0 Å². The molecular weight excluding hydrogens is 354 g/mol. The Morgan fingerprint density at radius 3 is 2.48 bits per heavy atom. The van der Waals surface area contributed by atoms with Crippen LogP contribution in [0.3, 0.4) is 0 Å². The largest absolute Gasteiger partial charge is 0.465 e. The minimum absolute atomic E-state index is 0.0772. The highest BCUT2D eigenvalue weighted by molar-refractivity contribution is 8.03. The molecule has 0 aliphatic carbocycles. The van der Waals surface area contributed by atoms with Crippen LogP contribution >= 0.6 is 34.9 Å². The molecule has 0 bridgehead atoms. The van der Waals surface area contributed by atoms with E-state index in [4.69, 9.17) is 4.74 Å². The van der Waals surface area contributed by atoms with Gasteiger partial charge in [0.1, 0.15) is 0 Å². The molecule has 0 spiro atoms. The second-order valence-corrected chi connectivity index (χ2v) is 8.40. The third-order valence-corrected chi connectivity index (χ3v) is 6.37. The number of H-pyrrole nitrogens is 1. The summed E-state index contributed by atoms with van der Waals surface area (Å²) in [5, 5.41) is 7.75. The highest BCUT2D eigenvalue weighted by atomic mass is 32.2. The number of aromatic amines is 1. The van der Waals surface area contributed by atoms with Gasteiger partial charge in [-0.05, 0) is 32.6 Å². The molecule has 2 aromatic heterocycles. The summed E-state index contributed by atoms with van der Waals surface area (Å²) in [4.78, 5) is 27.5. The maximum Gasteiger partial charge on any atom is 0.339 e. The fourth-order valence-corrected chi connectivity index (χ4v) is 4.78. The predicted octanol–water partition coefficient (Wildman–Crippen LogP) is 3.36. The van der Waals surface area contributed by atoms with E-state index in [2.05, 4.69) is 15.2 Å². The lowest BCUT2D eigenvalue weighted by Crippen LogP contribution is -2.15. The first-order valence-corrected chi connectivity index (χ1v) is 9.67. The molecule has 2 heterocycles. The van der Waals surface area contributed by atoms with Crippen LogP contribution in [0.4, 0.5) is 0 Å². The fraction of sp³-hybridized carbons (Fsp3) is 0.429. The van der Waals surface area contributed by atoms with Gasteiger partial charge in [0.15, 0.2) is 14.5 Å². The number of aromatic nitrogens is 3. The van der Waals surface area contributed by atoms with E-state index < -0.39 is 5.97 Å². The quantitative estimate of drug-likeness (QED) is 0.473. The summed E-state index contributed by atoms with van der Waals surface area (Å²) in [5.41, 5.74) is 2.12. The second kappa shape index (κ2) is 7.50. The molecule has 0 radical (unpaired) electrons. The summed E-state index contributed by atoms with van der Waals surface area (Å²) in [6.45, 7) is 5.32. The van der Waals surface area contributed by atoms with Crippen LogP contribution in [0.15, 0.2) is 8.68 Å². The zero-order chi connectivity index (χ0) is 17.1. The van der Waals surface area contributed by atoms with E-state index in [0.29, 0.717) is 22.5 Å². The van der Waals surface area contributed by atoms with Crippen molar-refractivity contribution in [1.29, 1.82) is 0 Å². The van der Waals surface area contributed by atoms with Crippen molar-refractivity contribution in [3.05, 3.63) is 22.5 Å². The number of rotatable bonds is 6. The van der Waals surface area contributed by atoms with Crippen LogP contribution in [0.2, 0.25) is 0 Å². The lowest BCUT2D eigenvalue weighted by Gasteiger charge is -2.07. The Morgan fingerprint density at radius 1 is 1.26 bits per heavy atom. The molecule has 1 unspecified atom stereocenters. The van der Waals surface area contributed by atoms with Crippen molar-refractivity contribution in [3.63, 3.8) is 0 Å². The molecule has 1 N–H and O–H groups in total. The number of aryl methyl sites for hydroxylation is 1. The Hall–Kier alpha value is -1.32. The van der Waals surface area contributed by atoms with Crippen LogP contribution in [-0.4, -0.2) is 45.5 Å². The number of thioether (sulfide) groups is 2. The Balaban J connectivity index is 2.21. The molecule has 9 heteroatoms. The number of esters is 1. The molecule has 0 aromatic carbocycles. The molecular formula is C14H17N3O3S3. The van der Waals surface area contributed by atoms with Crippen molar-refractivity contribution < 1.29 is 14.3 Å². The Labute approximate surface area is 146 Å². The number of ether oxygens (including phenoxy) is 1. The van der Waals surface area contributed by atoms with E-state index in [-0.39, 0.29) is 11.0 Å². The van der Waals surface area contributed by atoms with Crippen LogP contribution in [0.25, 0.3) is 0 Å². The number of carbonyl (C=O) groups is 2. The van der Waals surface area contributed by atoms with Crippen molar-refractivity contribution in [2.75, 3.05) is 13.4 Å². The SMILES string of the molecule is COC(=O)c1c(C)[nH]c(C(=O)C(C)Sc2nnc(SC)s2)c1C. The molecule has 1 atom stereocenters. The van der Waals surface area contributed by atoms with Gasteiger partial charge in [-0.15, -0.1) is 10.2 Å². The number of hydrogen-bond donors (Lipinski definition) is 1. The number of nitrogens with zero attached hydrogens (tertiary/aromatic N) is 2. The van der Waals surface area contributed by atoms with Crippen LogP contribution in [0, 0.1) is 13.8 Å². The van der Waals surface area contributed by atoms with Gasteiger partial charge >= 0.3 is 5.97 Å². The molecule has 0 saturated heterocycles. The Morgan fingerprint density at radius 2 is 1.91 bits per heavy atom. The van der Waals surface area contributed by atoms with Gasteiger partial charge in [-0.25, -0.2) is 4.79 Å². The van der Waals surface area contributed by atoms with Gasteiger partial charge in [0.05, 0.1) is 23.6 Å². The Kier molecular flexibility index (Phi) is 5.88. The van der Waals surface area contributed by atoms with Gasteiger partial charge in [-0.1, -0.05) is 34.9 Å². The topological polar surface area (TPSA) is 84.9 Å². The molecule has 0 fully saturated rings. The van der Waals surface area contributed by atoms with Gasteiger partial charge in [-0.2, -0.15) is 0 Å². The monoisotopic (exact) mass is 371 g/mol. The number of nitrogens with one attached hydrogen (secondary N) is 1. The van der Waals surface area contributed by atoms with Gasteiger partial charge in [-0.3, -0.25) is 4.79 Å². The fourth-order valence-electron chi connectivity index (χ4n) is 2.14. The molecule has 23 heavy (non-hydrogen) atoms. The summed E-state index contributed by atoms with van der Waals surface area (Å²) in [7, 11) is 1.33. The standard InChI is InChI=1S/C14H17N3O3S3/c1-6-9(12(19)20-4)7(2)15-10(6)11(18)8(3)22-14-17-16-13(21-5)23-14/h8,15H,1-5H3. The van der Waals surface area contributed by atoms with Crippen LogP contribution in [0.1, 0.15) is 39.0 Å². The first-order chi connectivity index (χ1) is 10.9. The summed E-state index contributed by atoms with van der Waals surface area (Å²) in [6.07, 6.45) is 1.93. The second-order valence-electron chi connectivity index (χ2n) is 4.78. The first kappa shape index (κ1) is 18.0. The van der Waals surface area contributed by atoms with Crippen molar-refractivity contribution in [2.24, 2.45) is 0 Å². The maximum atomic E-state index is 12.7. The lowest BCUT2D eigenvalue weighted by molar-refractivity contribution is 0.0599. The summed E-state index contributed by atoms with van der Waals surface area (Å²) < 4.78 is 6.39. The number of ketones is 1. The van der Waals surface area contributed by atoms with E-state index >= 15 is 0 Å². The van der Waals surface area contributed by atoms with Gasteiger partial charge in [0.25, 0.3) is 0 Å². The number of carbonyl (C=O) groups excluding carboxylic acids is 2. The highest BCUT2D eigenvalue weighted by Gasteiger charge is 2.26. The number of methoxy groups -OCH3 is 1. The molecule has 0 aliphatic rings. The summed E-state index contributed by atoms with van der Waals surface area (Å²) in [5.74, 6) is -0.518. The lowest BCUT2D eigenvalue weighted by atomic mass is 10.1. The molecule has 2 rings (SSSR count). The van der Waals surface area contributed by atoms with Crippen molar-refractivity contribution in [3.8, 4) is 0 Å². The Bertz CT molecular complexity index is 739. The van der Waals surface area contributed by atoms with Crippen molar-refractivity contribution in [2.45, 2.75) is 34.7 Å². The minimum atomic E-state index is -0.440. The van der Waals surface area contributed by atoms with Crippen LogP contribution < -0.4 is 0 Å². The zero-order valence-corrected chi connectivity index (χ0v) is 15.9. The smallest absolute Gasteiger partial charge is 0.339 e. The van der Waals surface area contributed by atoms with E-state index in [1.165, 1.54) is 42.0 Å². The van der Waals surface area contributed by atoms with E-state index in [0.717, 1.165) is 8.68 Å².